The van der Waals surface area contributed by atoms with Crippen molar-refractivity contribution in [2.45, 2.75) is 6.92 Å². The van der Waals surface area contributed by atoms with Crippen molar-refractivity contribution in [1.82, 2.24) is 0 Å². The molecule has 0 aromatic heterocycles. The van der Waals surface area contributed by atoms with Gasteiger partial charge < -0.3 is 14.8 Å². The van der Waals surface area contributed by atoms with Crippen molar-refractivity contribution < 1.29 is 19.2 Å². The molecule has 0 aliphatic rings. The maximum absolute atomic E-state index is 12.4. The number of ether oxygens (including phenoxy) is 2. The molecule has 0 bridgehead atoms. The number of non-ortho nitro benzene ring substituents is 1. The minimum absolute atomic E-state index is 0.116. The number of amides is 1. The van der Waals surface area contributed by atoms with E-state index in [0.717, 1.165) is 0 Å². The van der Waals surface area contributed by atoms with Crippen LogP contribution in [0.5, 0.6) is 11.5 Å². The van der Waals surface area contributed by atoms with Crippen LogP contribution in [0.3, 0.4) is 0 Å². The highest BCUT2D eigenvalue weighted by molar-refractivity contribution is 6.06. The Morgan fingerprint density at radius 2 is 1.96 bits per heavy atom. The third kappa shape index (κ3) is 3.76. The highest BCUT2D eigenvalue weighted by atomic mass is 16.6. The van der Waals surface area contributed by atoms with Gasteiger partial charge in [0.25, 0.3) is 11.6 Å². The summed E-state index contributed by atoms with van der Waals surface area (Å²) in [6.07, 6.45) is 0. The molecule has 0 aliphatic heterocycles. The first-order valence-electron chi connectivity index (χ1n) is 6.92. The van der Waals surface area contributed by atoms with Gasteiger partial charge in [-0.2, -0.15) is 0 Å². The monoisotopic (exact) mass is 316 g/mol. The van der Waals surface area contributed by atoms with Crippen molar-refractivity contribution in [3.05, 3.63) is 58.1 Å². The number of carbonyl (C=O) groups is 1. The highest BCUT2D eigenvalue weighted by Gasteiger charge is 2.16. The highest BCUT2D eigenvalue weighted by Crippen LogP contribution is 2.30. The van der Waals surface area contributed by atoms with Crippen LogP contribution in [-0.2, 0) is 0 Å². The molecule has 7 heteroatoms. The standard InChI is InChI=1S/C16H16N2O5/c1-3-23-14-7-5-4-6-12(14)16(19)17-13-9-8-11(18(20)21)10-15(13)22-2/h4-10H,3H2,1-2H3,(H,17,19). The number of hydrogen-bond donors (Lipinski definition) is 1. The second-order valence-corrected chi connectivity index (χ2v) is 4.52. The first-order chi connectivity index (χ1) is 11.1. The van der Waals surface area contributed by atoms with Crippen LogP contribution < -0.4 is 14.8 Å². The second kappa shape index (κ2) is 7.26. The number of nitrogens with zero attached hydrogens (tertiary/aromatic N) is 1. The van der Waals surface area contributed by atoms with Gasteiger partial charge in [-0.25, -0.2) is 0 Å². The fourth-order valence-corrected chi connectivity index (χ4v) is 2.02. The average Bonchev–Trinajstić information content (AvgIpc) is 2.55. The molecule has 2 aromatic carbocycles. The summed E-state index contributed by atoms with van der Waals surface area (Å²) in [5.41, 5.74) is 0.596. The minimum atomic E-state index is -0.529. The Hall–Kier alpha value is -3.09. The number of nitro groups is 1. The Kier molecular flexibility index (Phi) is 5.14. The SMILES string of the molecule is CCOc1ccccc1C(=O)Nc1ccc([N+](=O)[O-])cc1OC. The van der Waals surface area contributed by atoms with Gasteiger partial charge >= 0.3 is 0 Å². The molecular formula is C16H16N2O5. The summed E-state index contributed by atoms with van der Waals surface area (Å²) in [5.74, 6) is 0.288. The maximum atomic E-state index is 12.4. The van der Waals surface area contributed by atoms with Crippen LogP contribution in [0.2, 0.25) is 0 Å². The Balaban J connectivity index is 2.28. The van der Waals surface area contributed by atoms with Crippen molar-refractivity contribution in [2.24, 2.45) is 0 Å². The van der Waals surface area contributed by atoms with Crippen molar-refractivity contribution >= 4 is 17.3 Å². The molecule has 0 fully saturated rings. The van der Waals surface area contributed by atoms with Gasteiger partial charge in [0.05, 0.1) is 36.0 Å². The lowest BCUT2D eigenvalue weighted by Gasteiger charge is -2.12. The average molecular weight is 316 g/mol. The van der Waals surface area contributed by atoms with Gasteiger partial charge in [-0.3, -0.25) is 14.9 Å². The van der Waals surface area contributed by atoms with E-state index in [1.165, 1.54) is 25.3 Å². The van der Waals surface area contributed by atoms with E-state index in [1.807, 2.05) is 6.92 Å². The van der Waals surface area contributed by atoms with Gasteiger partial charge in [0.2, 0.25) is 0 Å². The van der Waals surface area contributed by atoms with Crippen LogP contribution in [-0.4, -0.2) is 24.5 Å². The molecule has 0 radical (unpaired) electrons. The van der Waals surface area contributed by atoms with Gasteiger partial charge in [-0.1, -0.05) is 12.1 Å². The van der Waals surface area contributed by atoms with E-state index in [1.54, 1.807) is 24.3 Å². The largest absolute Gasteiger partial charge is 0.494 e. The predicted molar refractivity (Wildman–Crippen MR) is 85.2 cm³/mol. The smallest absolute Gasteiger partial charge is 0.273 e. The lowest BCUT2D eigenvalue weighted by atomic mass is 10.1. The fourth-order valence-electron chi connectivity index (χ4n) is 2.02. The third-order valence-corrected chi connectivity index (χ3v) is 3.08. The molecule has 120 valence electrons. The number of benzene rings is 2. The Morgan fingerprint density at radius 1 is 1.22 bits per heavy atom. The molecule has 7 nitrogen and oxygen atoms in total. The van der Waals surface area contributed by atoms with E-state index in [4.69, 9.17) is 9.47 Å². The predicted octanol–water partition coefficient (Wildman–Crippen LogP) is 3.25. The number of nitrogens with one attached hydrogen (secondary N) is 1. The minimum Gasteiger partial charge on any atom is -0.494 e. The summed E-state index contributed by atoms with van der Waals surface area (Å²) in [4.78, 5) is 22.7. The van der Waals surface area contributed by atoms with Gasteiger partial charge in [-0.05, 0) is 25.1 Å². The van der Waals surface area contributed by atoms with Crippen molar-refractivity contribution in [3.63, 3.8) is 0 Å². The zero-order valence-corrected chi connectivity index (χ0v) is 12.7. The molecule has 2 rings (SSSR count). The van der Waals surface area contributed by atoms with Crippen molar-refractivity contribution in [1.29, 1.82) is 0 Å². The first-order valence-corrected chi connectivity index (χ1v) is 6.92. The normalized spacial score (nSPS) is 10.0. The number of hydrogen-bond acceptors (Lipinski definition) is 5. The maximum Gasteiger partial charge on any atom is 0.273 e. The molecule has 0 saturated carbocycles. The zero-order chi connectivity index (χ0) is 16.8. The number of carbonyl (C=O) groups excluding carboxylic acids is 1. The van der Waals surface area contributed by atoms with Gasteiger partial charge in [0, 0.05) is 6.07 Å². The summed E-state index contributed by atoms with van der Waals surface area (Å²) < 4.78 is 10.5. The van der Waals surface area contributed by atoms with E-state index < -0.39 is 4.92 Å². The molecule has 0 saturated heterocycles. The van der Waals surface area contributed by atoms with E-state index in [-0.39, 0.29) is 17.3 Å². The van der Waals surface area contributed by atoms with Crippen LogP contribution in [0, 0.1) is 10.1 Å². The molecule has 0 spiro atoms. The van der Waals surface area contributed by atoms with Crippen LogP contribution >= 0.6 is 0 Å². The van der Waals surface area contributed by atoms with Crippen molar-refractivity contribution in [3.8, 4) is 11.5 Å². The third-order valence-electron chi connectivity index (χ3n) is 3.08. The Morgan fingerprint density at radius 3 is 2.61 bits per heavy atom. The molecule has 0 aliphatic carbocycles. The molecule has 0 heterocycles. The molecule has 1 N–H and O–H groups in total. The summed E-state index contributed by atoms with van der Waals surface area (Å²) in [6.45, 7) is 2.26. The van der Waals surface area contributed by atoms with Crippen LogP contribution in [0.15, 0.2) is 42.5 Å². The van der Waals surface area contributed by atoms with Gasteiger partial charge in [0.15, 0.2) is 0 Å². The van der Waals surface area contributed by atoms with E-state index >= 15 is 0 Å². The quantitative estimate of drug-likeness (QED) is 0.652. The van der Waals surface area contributed by atoms with Crippen LogP contribution in [0.25, 0.3) is 0 Å². The molecule has 23 heavy (non-hydrogen) atoms. The molecule has 0 unspecified atom stereocenters. The summed E-state index contributed by atoms with van der Waals surface area (Å²) in [6, 6.07) is 10.8. The van der Waals surface area contributed by atoms with Gasteiger partial charge in [-0.15, -0.1) is 0 Å². The number of anilines is 1. The molecule has 0 atom stereocenters. The molecule has 2 aromatic rings. The fraction of sp³-hybridized carbons (Fsp3) is 0.188. The first kappa shape index (κ1) is 16.3. The lowest BCUT2D eigenvalue weighted by Crippen LogP contribution is -2.14. The number of nitro benzene ring substituents is 1. The van der Waals surface area contributed by atoms with E-state index in [2.05, 4.69) is 5.32 Å². The summed E-state index contributed by atoms with van der Waals surface area (Å²) in [7, 11) is 1.38. The summed E-state index contributed by atoms with van der Waals surface area (Å²) in [5, 5.41) is 13.5. The lowest BCUT2D eigenvalue weighted by molar-refractivity contribution is -0.384. The van der Waals surface area contributed by atoms with E-state index in [9.17, 15) is 14.9 Å². The number of rotatable bonds is 6. The Labute approximate surface area is 133 Å². The topological polar surface area (TPSA) is 90.7 Å². The second-order valence-electron chi connectivity index (χ2n) is 4.52. The van der Waals surface area contributed by atoms with Crippen LogP contribution in [0.4, 0.5) is 11.4 Å². The van der Waals surface area contributed by atoms with Crippen LogP contribution in [0.1, 0.15) is 17.3 Å². The van der Waals surface area contributed by atoms with Gasteiger partial charge in [0.1, 0.15) is 11.5 Å². The number of para-hydroxylation sites is 1. The zero-order valence-electron chi connectivity index (χ0n) is 12.7. The van der Waals surface area contributed by atoms with Crippen molar-refractivity contribution in [2.75, 3.05) is 19.0 Å². The van der Waals surface area contributed by atoms with E-state index in [0.29, 0.717) is 23.6 Å². The number of methoxy groups -OCH3 is 1. The molecule has 1 amide bonds. The molecular weight excluding hydrogens is 300 g/mol. The summed E-state index contributed by atoms with van der Waals surface area (Å²) >= 11 is 0. The Bertz CT molecular complexity index is 730.